The summed E-state index contributed by atoms with van der Waals surface area (Å²) in [5.41, 5.74) is 2.59. The summed E-state index contributed by atoms with van der Waals surface area (Å²) in [6.45, 7) is 2.11. The molecule has 2 aromatic rings. The zero-order chi connectivity index (χ0) is 14.5. The van der Waals surface area contributed by atoms with Crippen molar-refractivity contribution >= 4 is 5.91 Å². The Morgan fingerprint density at radius 1 is 1.15 bits per heavy atom. The Bertz CT molecular complexity index is 608. The van der Waals surface area contributed by atoms with E-state index < -0.39 is 11.7 Å². The van der Waals surface area contributed by atoms with Crippen LogP contribution in [0.25, 0.3) is 0 Å². The van der Waals surface area contributed by atoms with Gasteiger partial charge in [0.05, 0.1) is 12.2 Å². The zero-order valence-electron chi connectivity index (χ0n) is 11.2. The van der Waals surface area contributed by atoms with Gasteiger partial charge in [-0.15, -0.1) is 0 Å². The molecule has 0 aliphatic carbocycles. The monoisotopic (exact) mass is 273 g/mol. The number of rotatable bonds is 4. The normalized spacial score (nSPS) is 10.3. The van der Waals surface area contributed by atoms with Gasteiger partial charge in [0.1, 0.15) is 5.82 Å². The van der Waals surface area contributed by atoms with Crippen molar-refractivity contribution in [2.45, 2.75) is 20.1 Å². The van der Waals surface area contributed by atoms with Crippen molar-refractivity contribution in [3.05, 3.63) is 70.5 Å². The van der Waals surface area contributed by atoms with Crippen LogP contribution in [0.15, 0.2) is 42.5 Å². The summed E-state index contributed by atoms with van der Waals surface area (Å²) in [4.78, 5) is 11.9. The Labute approximate surface area is 117 Å². The predicted molar refractivity (Wildman–Crippen MR) is 74.7 cm³/mol. The number of carbonyl (C=O) groups is 1. The van der Waals surface area contributed by atoms with E-state index in [1.165, 1.54) is 12.1 Å². The highest BCUT2D eigenvalue weighted by atomic mass is 19.1. The van der Waals surface area contributed by atoms with E-state index in [0.717, 1.165) is 16.7 Å². The predicted octanol–water partition coefficient (Wildman–Crippen LogP) is 2.56. The average molecular weight is 273 g/mol. The number of halogens is 1. The Morgan fingerprint density at radius 3 is 2.45 bits per heavy atom. The summed E-state index contributed by atoms with van der Waals surface area (Å²) in [5.74, 6) is -0.957. The number of aliphatic hydroxyl groups is 1. The summed E-state index contributed by atoms with van der Waals surface area (Å²) in [7, 11) is 0. The van der Waals surface area contributed by atoms with Crippen LogP contribution in [0.4, 0.5) is 4.39 Å². The minimum Gasteiger partial charge on any atom is -0.392 e. The van der Waals surface area contributed by atoms with Crippen LogP contribution in [0.3, 0.4) is 0 Å². The van der Waals surface area contributed by atoms with Gasteiger partial charge in [0.25, 0.3) is 5.91 Å². The third-order valence-corrected chi connectivity index (χ3v) is 3.03. The van der Waals surface area contributed by atoms with Crippen molar-refractivity contribution in [3.8, 4) is 0 Å². The van der Waals surface area contributed by atoms with Gasteiger partial charge in [-0.05, 0) is 30.2 Å². The standard InChI is InChI=1S/C16H16FNO2/c1-11-2-7-15(17)14(8-11)16(20)18-9-12-3-5-13(10-19)6-4-12/h2-8,19H,9-10H2,1H3,(H,18,20). The molecule has 0 saturated carbocycles. The van der Waals surface area contributed by atoms with Crippen molar-refractivity contribution in [1.82, 2.24) is 5.32 Å². The first-order valence-corrected chi connectivity index (χ1v) is 6.33. The second-order valence-corrected chi connectivity index (χ2v) is 4.64. The molecule has 3 nitrogen and oxygen atoms in total. The summed E-state index contributed by atoms with van der Waals surface area (Å²) in [5, 5.41) is 11.6. The van der Waals surface area contributed by atoms with E-state index in [0.29, 0.717) is 6.54 Å². The number of hydrogen-bond donors (Lipinski definition) is 2. The molecule has 0 aliphatic heterocycles. The van der Waals surface area contributed by atoms with E-state index in [1.54, 1.807) is 18.2 Å². The van der Waals surface area contributed by atoms with Crippen LogP contribution < -0.4 is 5.32 Å². The molecule has 2 N–H and O–H groups in total. The van der Waals surface area contributed by atoms with Crippen LogP contribution in [0.1, 0.15) is 27.0 Å². The third-order valence-electron chi connectivity index (χ3n) is 3.03. The highest BCUT2D eigenvalue weighted by Gasteiger charge is 2.11. The molecular formula is C16H16FNO2. The van der Waals surface area contributed by atoms with Crippen molar-refractivity contribution in [2.75, 3.05) is 0 Å². The van der Waals surface area contributed by atoms with Gasteiger partial charge in [-0.3, -0.25) is 4.79 Å². The number of hydrogen-bond acceptors (Lipinski definition) is 2. The van der Waals surface area contributed by atoms with E-state index in [2.05, 4.69) is 5.32 Å². The first-order chi connectivity index (χ1) is 9.60. The van der Waals surface area contributed by atoms with E-state index in [1.807, 2.05) is 19.1 Å². The maximum atomic E-state index is 13.6. The molecule has 0 bridgehead atoms. The molecule has 4 heteroatoms. The van der Waals surface area contributed by atoms with E-state index >= 15 is 0 Å². The van der Waals surface area contributed by atoms with Crippen LogP contribution in [-0.4, -0.2) is 11.0 Å². The van der Waals surface area contributed by atoms with Crippen molar-refractivity contribution in [1.29, 1.82) is 0 Å². The molecule has 20 heavy (non-hydrogen) atoms. The SMILES string of the molecule is Cc1ccc(F)c(C(=O)NCc2ccc(CO)cc2)c1. The van der Waals surface area contributed by atoms with Gasteiger partial charge in [-0.25, -0.2) is 4.39 Å². The average Bonchev–Trinajstić information content (AvgIpc) is 2.47. The van der Waals surface area contributed by atoms with E-state index in [-0.39, 0.29) is 12.2 Å². The molecule has 0 aliphatic rings. The maximum absolute atomic E-state index is 13.6. The first-order valence-electron chi connectivity index (χ1n) is 6.33. The number of aryl methyl sites for hydroxylation is 1. The summed E-state index contributed by atoms with van der Waals surface area (Å²) < 4.78 is 13.6. The van der Waals surface area contributed by atoms with Gasteiger partial charge in [0, 0.05) is 6.54 Å². The summed E-state index contributed by atoms with van der Waals surface area (Å²) in [6.07, 6.45) is 0. The molecule has 0 saturated heterocycles. The fourth-order valence-electron chi connectivity index (χ4n) is 1.85. The van der Waals surface area contributed by atoms with E-state index in [9.17, 15) is 9.18 Å². The Balaban J connectivity index is 2.02. The van der Waals surface area contributed by atoms with Crippen LogP contribution in [-0.2, 0) is 13.2 Å². The van der Waals surface area contributed by atoms with Gasteiger partial charge >= 0.3 is 0 Å². The minimum atomic E-state index is -0.524. The van der Waals surface area contributed by atoms with Gasteiger partial charge < -0.3 is 10.4 Å². The molecule has 0 atom stereocenters. The number of amides is 1. The Kier molecular flexibility index (Phi) is 4.48. The number of aliphatic hydroxyl groups excluding tert-OH is 1. The number of benzene rings is 2. The second kappa shape index (κ2) is 6.30. The lowest BCUT2D eigenvalue weighted by Crippen LogP contribution is -2.23. The van der Waals surface area contributed by atoms with Crippen molar-refractivity contribution in [3.63, 3.8) is 0 Å². The van der Waals surface area contributed by atoms with Crippen molar-refractivity contribution < 1.29 is 14.3 Å². The van der Waals surface area contributed by atoms with Crippen LogP contribution in [0.5, 0.6) is 0 Å². The third kappa shape index (κ3) is 3.42. The zero-order valence-corrected chi connectivity index (χ0v) is 11.2. The summed E-state index contributed by atoms with van der Waals surface area (Å²) >= 11 is 0. The molecule has 0 unspecified atom stereocenters. The maximum Gasteiger partial charge on any atom is 0.254 e. The molecular weight excluding hydrogens is 257 g/mol. The smallest absolute Gasteiger partial charge is 0.254 e. The largest absolute Gasteiger partial charge is 0.392 e. The molecule has 0 radical (unpaired) electrons. The van der Waals surface area contributed by atoms with Gasteiger partial charge in [0.15, 0.2) is 0 Å². The van der Waals surface area contributed by atoms with E-state index in [4.69, 9.17) is 5.11 Å². The lowest BCUT2D eigenvalue weighted by Gasteiger charge is -2.07. The molecule has 1 amide bonds. The molecule has 2 rings (SSSR count). The highest BCUT2D eigenvalue weighted by molar-refractivity contribution is 5.94. The van der Waals surface area contributed by atoms with Crippen LogP contribution in [0, 0.1) is 12.7 Å². The minimum absolute atomic E-state index is 0.0128. The lowest BCUT2D eigenvalue weighted by molar-refractivity contribution is 0.0946. The molecule has 104 valence electrons. The second-order valence-electron chi connectivity index (χ2n) is 4.64. The van der Waals surface area contributed by atoms with Gasteiger partial charge in [-0.1, -0.05) is 35.9 Å². The van der Waals surface area contributed by atoms with Gasteiger partial charge in [0.2, 0.25) is 0 Å². The number of carbonyl (C=O) groups excluding carboxylic acids is 1. The fraction of sp³-hybridized carbons (Fsp3) is 0.188. The molecule has 0 fully saturated rings. The topological polar surface area (TPSA) is 49.3 Å². The fourth-order valence-corrected chi connectivity index (χ4v) is 1.85. The van der Waals surface area contributed by atoms with Crippen LogP contribution >= 0.6 is 0 Å². The number of nitrogens with one attached hydrogen (secondary N) is 1. The first kappa shape index (κ1) is 14.2. The molecule has 2 aromatic carbocycles. The van der Waals surface area contributed by atoms with Crippen molar-refractivity contribution in [2.24, 2.45) is 0 Å². The molecule has 0 aromatic heterocycles. The Hall–Kier alpha value is -2.20. The quantitative estimate of drug-likeness (QED) is 0.899. The molecule has 0 heterocycles. The van der Waals surface area contributed by atoms with Crippen LogP contribution in [0.2, 0.25) is 0 Å². The highest BCUT2D eigenvalue weighted by Crippen LogP contribution is 2.10. The summed E-state index contributed by atoms with van der Waals surface area (Å²) in [6, 6.07) is 11.7. The van der Waals surface area contributed by atoms with Gasteiger partial charge in [-0.2, -0.15) is 0 Å². The molecule has 0 spiro atoms. The lowest BCUT2D eigenvalue weighted by atomic mass is 10.1. The Morgan fingerprint density at radius 2 is 1.80 bits per heavy atom.